The summed E-state index contributed by atoms with van der Waals surface area (Å²) in [6.45, 7) is 7.97. The van der Waals surface area contributed by atoms with Gasteiger partial charge in [-0.3, -0.25) is 14.5 Å². The summed E-state index contributed by atoms with van der Waals surface area (Å²) >= 11 is 0. The number of benzene rings is 1. The summed E-state index contributed by atoms with van der Waals surface area (Å²) in [5.41, 5.74) is -1.59. The zero-order chi connectivity index (χ0) is 27.2. The van der Waals surface area contributed by atoms with Gasteiger partial charge in [0.1, 0.15) is 0 Å². The Kier molecular flexibility index (Phi) is 7.53. The van der Waals surface area contributed by atoms with Gasteiger partial charge in [-0.15, -0.1) is 0 Å². The molecule has 1 atom stereocenters. The van der Waals surface area contributed by atoms with Crippen LogP contribution in [-0.2, 0) is 15.8 Å². The Balaban J connectivity index is 1.48. The van der Waals surface area contributed by atoms with Gasteiger partial charge in [-0.05, 0) is 76.1 Å². The fourth-order valence-electron chi connectivity index (χ4n) is 5.95. The standard InChI is InChI=1S/C27H37F4N3O3/c1-25(2,3)34-11-10-26(28,17-34)24(37)33-14-12-32(13-15-33)22-9-8-20(27(29,30)31)16-21(22)18-4-6-19(7-5-18)23(35)36/h8-9,16,18-19H,4-7,10-15,17H2,1-3H3,(H,35,36)/t18?,19?,26-/m1/s1. The zero-order valence-electron chi connectivity index (χ0n) is 21.8. The lowest BCUT2D eigenvalue weighted by molar-refractivity contribution is -0.144. The SMILES string of the molecule is CC(C)(C)N1CC[C@](F)(C(=O)N2CCN(c3ccc(C(F)(F)F)cc3C3CCC(C(=O)O)CC3)CC2)C1. The van der Waals surface area contributed by atoms with Crippen molar-refractivity contribution >= 4 is 17.6 Å². The lowest BCUT2D eigenvalue weighted by Gasteiger charge is -2.40. The molecule has 206 valence electrons. The van der Waals surface area contributed by atoms with Crippen LogP contribution >= 0.6 is 0 Å². The third-order valence-electron chi connectivity index (χ3n) is 8.33. The minimum Gasteiger partial charge on any atom is -0.481 e. The van der Waals surface area contributed by atoms with Gasteiger partial charge in [-0.2, -0.15) is 13.2 Å². The molecule has 2 aliphatic heterocycles. The molecule has 3 fully saturated rings. The average Bonchev–Trinajstić information content (AvgIpc) is 3.27. The van der Waals surface area contributed by atoms with Gasteiger partial charge in [0.25, 0.3) is 5.91 Å². The Hall–Kier alpha value is -2.36. The van der Waals surface area contributed by atoms with E-state index in [0.29, 0.717) is 69.7 Å². The number of carboxylic acid groups (broad SMARTS) is 1. The summed E-state index contributed by atoms with van der Waals surface area (Å²) in [6.07, 6.45) is -2.43. The van der Waals surface area contributed by atoms with E-state index in [1.807, 2.05) is 30.6 Å². The van der Waals surface area contributed by atoms with E-state index in [2.05, 4.69) is 0 Å². The number of likely N-dealkylation sites (tertiary alicyclic amines) is 1. The molecule has 0 radical (unpaired) electrons. The number of aliphatic carboxylic acids is 1. The number of anilines is 1. The summed E-state index contributed by atoms with van der Waals surface area (Å²) in [5, 5.41) is 9.31. The number of alkyl halides is 4. The van der Waals surface area contributed by atoms with Crippen molar-refractivity contribution in [3.05, 3.63) is 29.3 Å². The van der Waals surface area contributed by atoms with E-state index in [0.717, 1.165) is 6.07 Å². The second-order valence-electron chi connectivity index (χ2n) is 11.7. The predicted octanol–water partition coefficient (Wildman–Crippen LogP) is 4.92. The van der Waals surface area contributed by atoms with Gasteiger partial charge in [0.2, 0.25) is 5.67 Å². The smallest absolute Gasteiger partial charge is 0.416 e. The van der Waals surface area contributed by atoms with Crippen molar-refractivity contribution in [2.75, 3.05) is 44.2 Å². The van der Waals surface area contributed by atoms with Gasteiger partial charge in [0, 0.05) is 56.9 Å². The number of rotatable bonds is 4. The van der Waals surface area contributed by atoms with Gasteiger partial charge in [-0.1, -0.05) is 0 Å². The van der Waals surface area contributed by atoms with Crippen molar-refractivity contribution in [1.29, 1.82) is 0 Å². The molecule has 1 saturated carbocycles. The van der Waals surface area contributed by atoms with Crippen LogP contribution in [0.3, 0.4) is 0 Å². The highest BCUT2D eigenvalue weighted by atomic mass is 19.4. The van der Waals surface area contributed by atoms with E-state index < -0.39 is 35.2 Å². The molecule has 1 aliphatic carbocycles. The Labute approximate surface area is 215 Å². The molecule has 6 nitrogen and oxygen atoms in total. The maximum Gasteiger partial charge on any atom is 0.416 e. The normalized spacial score (nSPS) is 28.0. The molecule has 0 unspecified atom stereocenters. The van der Waals surface area contributed by atoms with Crippen LogP contribution in [0.2, 0.25) is 0 Å². The first-order valence-corrected chi connectivity index (χ1v) is 13.1. The van der Waals surface area contributed by atoms with Crippen molar-refractivity contribution in [2.24, 2.45) is 5.92 Å². The van der Waals surface area contributed by atoms with Crippen molar-refractivity contribution in [1.82, 2.24) is 9.80 Å². The molecular weight excluding hydrogens is 490 g/mol. The summed E-state index contributed by atoms with van der Waals surface area (Å²) in [5.74, 6) is -1.98. The molecule has 3 aliphatic rings. The number of piperazine rings is 1. The van der Waals surface area contributed by atoms with E-state index in [4.69, 9.17) is 0 Å². The molecule has 1 N–H and O–H groups in total. The largest absolute Gasteiger partial charge is 0.481 e. The molecule has 1 amide bonds. The zero-order valence-corrected chi connectivity index (χ0v) is 21.8. The van der Waals surface area contributed by atoms with Gasteiger partial charge in [-0.25, -0.2) is 4.39 Å². The third kappa shape index (κ3) is 5.89. The molecule has 1 aromatic rings. The number of nitrogens with zero attached hydrogens (tertiary/aromatic N) is 3. The number of hydrogen-bond donors (Lipinski definition) is 1. The Morgan fingerprint density at radius 2 is 1.59 bits per heavy atom. The van der Waals surface area contributed by atoms with Gasteiger partial charge >= 0.3 is 12.1 Å². The Morgan fingerprint density at radius 3 is 2.11 bits per heavy atom. The van der Waals surface area contributed by atoms with Crippen LogP contribution in [0.5, 0.6) is 0 Å². The molecule has 4 rings (SSSR count). The van der Waals surface area contributed by atoms with E-state index in [9.17, 15) is 27.9 Å². The molecule has 2 heterocycles. The fourth-order valence-corrected chi connectivity index (χ4v) is 5.95. The molecule has 0 bridgehead atoms. The van der Waals surface area contributed by atoms with Crippen molar-refractivity contribution in [3.63, 3.8) is 0 Å². The summed E-state index contributed by atoms with van der Waals surface area (Å²) in [4.78, 5) is 30.0. The van der Waals surface area contributed by atoms with Gasteiger partial charge in [0.15, 0.2) is 0 Å². The first-order chi connectivity index (χ1) is 17.2. The lowest BCUT2D eigenvalue weighted by atomic mass is 9.77. The number of carbonyl (C=O) groups excluding carboxylic acids is 1. The maximum absolute atomic E-state index is 15.6. The van der Waals surface area contributed by atoms with E-state index in [-0.39, 0.29) is 24.4 Å². The number of halogens is 4. The predicted molar refractivity (Wildman–Crippen MR) is 132 cm³/mol. The van der Waals surface area contributed by atoms with Gasteiger partial charge < -0.3 is 14.9 Å². The van der Waals surface area contributed by atoms with Crippen LogP contribution in [0.4, 0.5) is 23.2 Å². The Morgan fingerprint density at radius 1 is 0.973 bits per heavy atom. The Bertz CT molecular complexity index is 1010. The molecule has 0 aromatic heterocycles. The van der Waals surface area contributed by atoms with Gasteiger partial charge in [0.05, 0.1) is 11.5 Å². The third-order valence-corrected chi connectivity index (χ3v) is 8.33. The maximum atomic E-state index is 15.6. The van der Waals surface area contributed by atoms with Crippen molar-refractivity contribution in [3.8, 4) is 0 Å². The minimum atomic E-state index is -4.48. The van der Waals surface area contributed by atoms with Crippen LogP contribution in [-0.4, -0.2) is 77.3 Å². The van der Waals surface area contributed by atoms with Crippen LogP contribution < -0.4 is 4.90 Å². The number of hydrogen-bond acceptors (Lipinski definition) is 4. The number of carbonyl (C=O) groups is 2. The lowest BCUT2D eigenvalue weighted by Crippen LogP contribution is -2.56. The topological polar surface area (TPSA) is 64.1 Å². The van der Waals surface area contributed by atoms with Crippen LogP contribution in [0, 0.1) is 5.92 Å². The van der Waals surface area contributed by atoms with Crippen LogP contribution in [0.1, 0.15) is 69.9 Å². The molecule has 0 spiro atoms. The number of amides is 1. The van der Waals surface area contributed by atoms with Crippen LogP contribution in [0.15, 0.2) is 18.2 Å². The summed E-state index contributed by atoms with van der Waals surface area (Å²) < 4.78 is 56.2. The minimum absolute atomic E-state index is 0.0671. The van der Waals surface area contributed by atoms with E-state index in [1.54, 1.807) is 4.90 Å². The second kappa shape index (κ2) is 10.1. The highest BCUT2D eigenvalue weighted by Gasteiger charge is 2.49. The first-order valence-electron chi connectivity index (χ1n) is 13.1. The first kappa shape index (κ1) is 27.7. The monoisotopic (exact) mass is 527 g/mol. The number of carboxylic acids is 1. The van der Waals surface area contributed by atoms with E-state index in [1.165, 1.54) is 12.1 Å². The second-order valence-corrected chi connectivity index (χ2v) is 11.7. The van der Waals surface area contributed by atoms with Crippen molar-refractivity contribution in [2.45, 2.75) is 76.2 Å². The molecular formula is C27H37F4N3O3. The van der Waals surface area contributed by atoms with Crippen LogP contribution in [0.25, 0.3) is 0 Å². The van der Waals surface area contributed by atoms with E-state index >= 15 is 4.39 Å². The fraction of sp³-hybridized carbons (Fsp3) is 0.704. The average molecular weight is 528 g/mol. The summed E-state index contributed by atoms with van der Waals surface area (Å²) in [7, 11) is 0. The highest BCUT2D eigenvalue weighted by Crippen LogP contribution is 2.43. The molecule has 37 heavy (non-hydrogen) atoms. The molecule has 10 heteroatoms. The van der Waals surface area contributed by atoms with Crippen molar-refractivity contribution < 1.29 is 32.3 Å². The molecule has 2 saturated heterocycles. The summed E-state index contributed by atoms with van der Waals surface area (Å²) in [6, 6.07) is 3.78. The highest BCUT2D eigenvalue weighted by molar-refractivity contribution is 5.86. The molecule has 1 aromatic carbocycles. The quantitative estimate of drug-likeness (QED) is 0.563.